The van der Waals surface area contributed by atoms with Crippen molar-refractivity contribution in [1.29, 1.82) is 0 Å². The Hall–Kier alpha value is -1.69. The van der Waals surface area contributed by atoms with Crippen LogP contribution in [0.15, 0.2) is 58.3 Å². The molecular weight excluding hydrogens is 354 g/mol. The van der Waals surface area contributed by atoms with Gasteiger partial charge in [0.25, 0.3) is 0 Å². The third kappa shape index (κ3) is 3.64. The van der Waals surface area contributed by atoms with E-state index >= 15 is 0 Å². The fraction of sp³-hybridized carbons (Fsp3) is 0.316. The molecule has 2 aromatic rings. The molecule has 1 amide bonds. The van der Waals surface area contributed by atoms with Crippen LogP contribution in [0.2, 0.25) is 0 Å². The maximum atomic E-state index is 12.5. The highest BCUT2D eigenvalue weighted by molar-refractivity contribution is 7.99. The number of nitrogens with zero attached hydrogens (tertiary/aromatic N) is 2. The van der Waals surface area contributed by atoms with Crippen molar-refractivity contribution in [2.75, 3.05) is 24.5 Å². The van der Waals surface area contributed by atoms with Crippen molar-refractivity contribution in [3.8, 4) is 0 Å². The maximum Gasteiger partial charge on any atom is 0.224 e. The number of carbonyl (C=O) groups is 1. The Morgan fingerprint density at radius 1 is 1.08 bits per heavy atom. The number of hydrogen-bond donors (Lipinski definition) is 1. The first-order chi connectivity index (χ1) is 11.7. The van der Waals surface area contributed by atoms with Crippen LogP contribution in [-0.4, -0.2) is 36.5 Å². The van der Waals surface area contributed by atoms with Gasteiger partial charge in [0.15, 0.2) is 0 Å². The van der Waals surface area contributed by atoms with E-state index in [1.807, 2.05) is 4.90 Å². The Morgan fingerprint density at radius 2 is 1.68 bits per heavy atom. The quantitative estimate of drug-likeness (QED) is 0.889. The van der Waals surface area contributed by atoms with E-state index in [4.69, 9.17) is 5.73 Å². The fourth-order valence-corrected chi connectivity index (χ4v) is 4.50. The Morgan fingerprint density at radius 3 is 2.24 bits per heavy atom. The predicted octanol–water partition coefficient (Wildman–Crippen LogP) is 3.66. The van der Waals surface area contributed by atoms with E-state index in [2.05, 4.69) is 53.4 Å². The van der Waals surface area contributed by atoms with E-state index in [-0.39, 0.29) is 24.4 Å². The Bertz CT molecular complexity index is 724. The lowest BCUT2D eigenvalue weighted by Gasteiger charge is -2.33. The summed E-state index contributed by atoms with van der Waals surface area (Å²) in [7, 11) is 0. The molecule has 0 bridgehead atoms. The van der Waals surface area contributed by atoms with E-state index < -0.39 is 0 Å². The molecule has 0 saturated carbocycles. The molecule has 2 N–H and O–H groups in total. The lowest BCUT2D eigenvalue weighted by Crippen LogP contribution is -2.34. The largest absolute Gasteiger partial charge is 0.341 e. The molecule has 1 atom stereocenters. The zero-order valence-corrected chi connectivity index (χ0v) is 15.6. The van der Waals surface area contributed by atoms with Crippen LogP contribution >= 0.6 is 24.2 Å². The number of para-hydroxylation sites is 2. The maximum absolute atomic E-state index is 12.5. The van der Waals surface area contributed by atoms with Gasteiger partial charge in [-0.25, -0.2) is 0 Å². The summed E-state index contributed by atoms with van der Waals surface area (Å²) in [4.78, 5) is 19.2. The molecule has 0 radical (unpaired) electrons. The minimum absolute atomic E-state index is 0. The number of rotatable bonds is 3. The van der Waals surface area contributed by atoms with Gasteiger partial charge in [0, 0.05) is 41.9 Å². The molecule has 0 unspecified atom stereocenters. The van der Waals surface area contributed by atoms with Gasteiger partial charge in [-0.1, -0.05) is 36.0 Å². The van der Waals surface area contributed by atoms with Gasteiger partial charge in [-0.05, 0) is 30.7 Å². The van der Waals surface area contributed by atoms with Gasteiger partial charge >= 0.3 is 0 Å². The van der Waals surface area contributed by atoms with Gasteiger partial charge in [-0.3, -0.25) is 4.79 Å². The monoisotopic (exact) mass is 375 g/mol. The summed E-state index contributed by atoms with van der Waals surface area (Å²) in [5.74, 6) is 0.205. The Balaban J connectivity index is 0.00000182. The SMILES string of the molecule is Cl.N[C@@H]1CCN(C(=O)CCN2c3ccccc3Sc3ccccc32)C1. The summed E-state index contributed by atoms with van der Waals surface area (Å²) >= 11 is 1.79. The summed E-state index contributed by atoms with van der Waals surface area (Å²) in [5.41, 5.74) is 8.30. The zero-order chi connectivity index (χ0) is 16.5. The second-order valence-electron chi connectivity index (χ2n) is 6.33. The van der Waals surface area contributed by atoms with Crippen LogP contribution in [0.1, 0.15) is 12.8 Å². The van der Waals surface area contributed by atoms with Gasteiger partial charge in [-0.15, -0.1) is 12.4 Å². The molecule has 2 aromatic carbocycles. The summed E-state index contributed by atoms with van der Waals surface area (Å²) in [6.07, 6.45) is 1.43. The number of fused-ring (bicyclic) bond motifs is 2. The zero-order valence-electron chi connectivity index (χ0n) is 13.9. The second-order valence-corrected chi connectivity index (χ2v) is 7.41. The van der Waals surface area contributed by atoms with Crippen molar-refractivity contribution in [2.45, 2.75) is 28.7 Å². The first kappa shape index (κ1) is 18.1. The highest BCUT2D eigenvalue weighted by Gasteiger charge is 2.26. The van der Waals surface area contributed by atoms with Crippen LogP contribution < -0.4 is 10.6 Å². The van der Waals surface area contributed by atoms with E-state index in [0.29, 0.717) is 19.5 Å². The third-order valence-corrected chi connectivity index (χ3v) is 5.79. The summed E-state index contributed by atoms with van der Waals surface area (Å²) in [5, 5.41) is 0. The van der Waals surface area contributed by atoms with E-state index in [1.165, 1.54) is 21.2 Å². The molecule has 25 heavy (non-hydrogen) atoms. The van der Waals surface area contributed by atoms with Crippen LogP contribution in [0.4, 0.5) is 11.4 Å². The number of amides is 1. The van der Waals surface area contributed by atoms with Crippen molar-refractivity contribution in [3.05, 3.63) is 48.5 Å². The Kier molecular flexibility index (Phi) is 5.57. The van der Waals surface area contributed by atoms with Crippen molar-refractivity contribution in [1.82, 2.24) is 4.90 Å². The molecule has 0 aromatic heterocycles. The van der Waals surface area contributed by atoms with Crippen LogP contribution in [-0.2, 0) is 4.79 Å². The standard InChI is InChI=1S/C19H21N3OS.ClH/c20-14-9-11-21(13-14)19(23)10-12-22-15-5-1-3-7-17(15)24-18-8-4-2-6-16(18)22;/h1-8,14H,9-13,20H2;1H/t14-;/m1./s1. The molecule has 6 heteroatoms. The highest BCUT2D eigenvalue weighted by atomic mass is 35.5. The van der Waals surface area contributed by atoms with Crippen molar-refractivity contribution in [2.24, 2.45) is 5.73 Å². The fourth-order valence-electron chi connectivity index (χ4n) is 3.40. The summed E-state index contributed by atoms with van der Waals surface area (Å²) < 4.78 is 0. The van der Waals surface area contributed by atoms with Gasteiger partial charge in [0.1, 0.15) is 0 Å². The van der Waals surface area contributed by atoms with Crippen molar-refractivity contribution < 1.29 is 4.79 Å². The van der Waals surface area contributed by atoms with E-state index in [9.17, 15) is 4.79 Å². The van der Waals surface area contributed by atoms with Crippen LogP contribution in [0.3, 0.4) is 0 Å². The molecule has 4 rings (SSSR count). The molecule has 1 saturated heterocycles. The lowest BCUT2D eigenvalue weighted by molar-refractivity contribution is -0.129. The van der Waals surface area contributed by atoms with Gasteiger partial charge < -0.3 is 15.5 Å². The molecule has 1 fully saturated rings. The second kappa shape index (κ2) is 7.68. The number of benzene rings is 2. The predicted molar refractivity (Wildman–Crippen MR) is 105 cm³/mol. The average molecular weight is 376 g/mol. The van der Waals surface area contributed by atoms with Crippen molar-refractivity contribution >= 4 is 41.5 Å². The molecule has 132 valence electrons. The van der Waals surface area contributed by atoms with Gasteiger partial charge in [-0.2, -0.15) is 0 Å². The number of hydrogen-bond acceptors (Lipinski definition) is 4. The molecule has 2 aliphatic heterocycles. The molecule has 2 aliphatic rings. The van der Waals surface area contributed by atoms with Crippen molar-refractivity contribution in [3.63, 3.8) is 0 Å². The first-order valence-electron chi connectivity index (χ1n) is 8.39. The average Bonchev–Trinajstić information content (AvgIpc) is 3.05. The van der Waals surface area contributed by atoms with E-state index in [0.717, 1.165) is 13.0 Å². The number of likely N-dealkylation sites (tertiary alicyclic amines) is 1. The third-order valence-electron chi connectivity index (χ3n) is 4.66. The molecule has 0 aliphatic carbocycles. The van der Waals surface area contributed by atoms with Gasteiger partial charge in [0.2, 0.25) is 5.91 Å². The van der Waals surface area contributed by atoms with Crippen LogP contribution in [0.25, 0.3) is 0 Å². The molecule has 2 heterocycles. The number of anilines is 2. The topological polar surface area (TPSA) is 49.6 Å². The molecule has 4 nitrogen and oxygen atoms in total. The Labute approximate surface area is 158 Å². The number of carbonyl (C=O) groups excluding carboxylic acids is 1. The van der Waals surface area contributed by atoms with Crippen LogP contribution in [0.5, 0.6) is 0 Å². The number of halogens is 1. The summed E-state index contributed by atoms with van der Waals surface area (Å²) in [6.45, 7) is 2.18. The smallest absolute Gasteiger partial charge is 0.224 e. The molecular formula is C19H22ClN3OS. The minimum atomic E-state index is 0. The first-order valence-corrected chi connectivity index (χ1v) is 9.21. The lowest BCUT2D eigenvalue weighted by atomic mass is 10.2. The minimum Gasteiger partial charge on any atom is -0.341 e. The normalized spacial score (nSPS) is 18.4. The number of nitrogens with two attached hydrogens (primary N) is 1. The molecule has 0 spiro atoms. The van der Waals surface area contributed by atoms with Crippen LogP contribution in [0, 0.1) is 0 Å². The summed E-state index contributed by atoms with van der Waals surface area (Å²) in [6, 6.07) is 16.9. The highest BCUT2D eigenvalue weighted by Crippen LogP contribution is 2.47. The van der Waals surface area contributed by atoms with Gasteiger partial charge in [0.05, 0.1) is 11.4 Å². The van der Waals surface area contributed by atoms with E-state index in [1.54, 1.807) is 11.8 Å².